The molecule has 0 unspecified atom stereocenters. The molecule has 0 atom stereocenters. The molecule has 8 nitrogen and oxygen atoms in total. The van der Waals surface area contributed by atoms with Gasteiger partial charge < -0.3 is 4.57 Å². The molecule has 1 saturated heterocycles. The number of likely N-dealkylation sites (N-methyl/N-ethyl adjacent to an activating group) is 2. The van der Waals surface area contributed by atoms with Crippen LogP contribution < -0.4 is 0 Å². The standard InChI is InChI=1S/C19H18N4O4S/c1-11-8-13(9-16-17(24)20(3)19(28)21(4)18(16)25)12(2)22(11)14-6-5-7-15(10-14)23(26)27/h5-10H,1-4H3. The topological polar surface area (TPSA) is 88.7 Å². The van der Waals surface area contributed by atoms with Crippen LogP contribution in [0.25, 0.3) is 11.8 Å². The zero-order valence-electron chi connectivity index (χ0n) is 15.8. The van der Waals surface area contributed by atoms with E-state index < -0.39 is 16.7 Å². The first-order valence-electron chi connectivity index (χ1n) is 8.39. The molecule has 2 aromatic rings. The zero-order valence-corrected chi connectivity index (χ0v) is 16.6. The highest BCUT2D eigenvalue weighted by atomic mass is 32.1. The maximum Gasteiger partial charge on any atom is 0.271 e. The van der Waals surface area contributed by atoms with E-state index in [0.29, 0.717) is 11.3 Å². The van der Waals surface area contributed by atoms with Gasteiger partial charge in [0.15, 0.2) is 5.11 Å². The highest BCUT2D eigenvalue weighted by molar-refractivity contribution is 7.80. The largest absolute Gasteiger partial charge is 0.318 e. The molecule has 1 aromatic heterocycles. The van der Waals surface area contributed by atoms with E-state index >= 15 is 0 Å². The van der Waals surface area contributed by atoms with E-state index in [4.69, 9.17) is 12.2 Å². The van der Waals surface area contributed by atoms with Gasteiger partial charge in [0.25, 0.3) is 17.5 Å². The summed E-state index contributed by atoms with van der Waals surface area (Å²) < 4.78 is 1.84. The van der Waals surface area contributed by atoms with Crippen LogP contribution in [-0.2, 0) is 9.59 Å². The maximum absolute atomic E-state index is 12.5. The number of hydrogen-bond donors (Lipinski definition) is 0. The van der Waals surface area contributed by atoms with Crippen LogP contribution in [0, 0.1) is 24.0 Å². The van der Waals surface area contributed by atoms with Gasteiger partial charge in [-0.3, -0.25) is 29.5 Å². The van der Waals surface area contributed by atoms with Crippen molar-refractivity contribution in [2.45, 2.75) is 13.8 Å². The Balaban J connectivity index is 2.10. The molecular formula is C19H18N4O4S. The first kappa shape index (κ1) is 19.4. The molecular weight excluding hydrogens is 380 g/mol. The Hall–Kier alpha value is -3.33. The molecule has 0 bridgehead atoms. The highest BCUT2D eigenvalue weighted by Crippen LogP contribution is 2.26. The fourth-order valence-corrected chi connectivity index (χ4v) is 3.37. The van der Waals surface area contributed by atoms with Crippen molar-refractivity contribution < 1.29 is 14.5 Å². The molecule has 0 spiro atoms. The Labute approximate surface area is 166 Å². The summed E-state index contributed by atoms with van der Waals surface area (Å²) in [6, 6.07) is 8.11. The molecule has 1 aromatic carbocycles. The van der Waals surface area contributed by atoms with E-state index in [-0.39, 0.29) is 16.4 Å². The quantitative estimate of drug-likeness (QED) is 0.261. The Morgan fingerprint density at radius 3 is 2.25 bits per heavy atom. The minimum absolute atomic E-state index is 0.0119. The Bertz CT molecular complexity index is 1040. The maximum atomic E-state index is 12.5. The summed E-state index contributed by atoms with van der Waals surface area (Å²) in [6.07, 6.45) is 1.54. The van der Waals surface area contributed by atoms with Crippen molar-refractivity contribution in [1.82, 2.24) is 14.4 Å². The lowest BCUT2D eigenvalue weighted by atomic mass is 10.1. The summed E-state index contributed by atoms with van der Waals surface area (Å²) in [6.45, 7) is 3.68. The van der Waals surface area contributed by atoms with Gasteiger partial charge in [-0.25, -0.2) is 0 Å². The third-order valence-electron chi connectivity index (χ3n) is 4.71. The zero-order chi connectivity index (χ0) is 20.7. The summed E-state index contributed by atoms with van der Waals surface area (Å²) >= 11 is 5.09. The predicted molar refractivity (Wildman–Crippen MR) is 108 cm³/mol. The molecule has 144 valence electrons. The van der Waals surface area contributed by atoms with Gasteiger partial charge in [-0.1, -0.05) is 6.07 Å². The van der Waals surface area contributed by atoms with E-state index in [1.807, 2.05) is 24.5 Å². The van der Waals surface area contributed by atoms with Crippen molar-refractivity contribution in [3.05, 3.63) is 63.0 Å². The molecule has 3 rings (SSSR count). The lowest BCUT2D eigenvalue weighted by Gasteiger charge is -2.31. The number of rotatable bonds is 3. The molecule has 0 radical (unpaired) electrons. The van der Waals surface area contributed by atoms with Crippen LogP contribution in [0.1, 0.15) is 17.0 Å². The molecule has 1 aliphatic heterocycles. The van der Waals surface area contributed by atoms with Crippen molar-refractivity contribution >= 4 is 40.9 Å². The number of carbonyl (C=O) groups excluding carboxylic acids is 2. The molecule has 1 aliphatic rings. The van der Waals surface area contributed by atoms with Crippen molar-refractivity contribution in [3.8, 4) is 5.69 Å². The minimum Gasteiger partial charge on any atom is -0.318 e. The molecule has 0 aliphatic carbocycles. The van der Waals surface area contributed by atoms with Crippen molar-refractivity contribution in [3.63, 3.8) is 0 Å². The van der Waals surface area contributed by atoms with E-state index in [0.717, 1.165) is 11.4 Å². The molecule has 0 saturated carbocycles. The number of non-ortho nitro benzene ring substituents is 1. The van der Waals surface area contributed by atoms with Crippen LogP contribution >= 0.6 is 12.2 Å². The third-order valence-corrected chi connectivity index (χ3v) is 5.26. The molecule has 2 amide bonds. The summed E-state index contributed by atoms with van der Waals surface area (Å²) in [5.74, 6) is -0.929. The average Bonchev–Trinajstić information content (AvgIpc) is 2.95. The van der Waals surface area contributed by atoms with E-state index in [2.05, 4.69) is 0 Å². The summed E-state index contributed by atoms with van der Waals surface area (Å²) in [5.41, 5.74) is 2.88. The summed E-state index contributed by atoms with van der Waals surface area (Å²) in [7, 11) is 3.04. The second-order valence-electron chi connectivity index (χ2n) is 6.51. The van der Waals surface area contributed by atoms with Gasteiger partial charge in [-0.15, -0.1) is 0 Å². The lowest BCUT2D eigenvalue weighted by molar-refractivity contribution is -0.384. The number of hydrogen-bond acceptors (Lipinski definition) is 5. The van der Waals surface area contributed by atoms with Crippen LogP contribution in [0.4, 0.5) is 5.69 Å². The number of benzene rings is 1. The first-order valence-corrected chi connectivity index (χ1v) is 8.80. The van der Waals surface area contributed by atoms with Crippen LogP contribution in [0.3, 0.4) is 0 Å². The van der Waals surface area contributed by atoms with Gasteiger partial charge in [0.2, 0.25) is 0 Å². The Kier molecular flexibility index (Phi) is 4.86. The monoisotopic (exact) mass is 398 g/mol. The normalized spacial score (nSPS) is 14.7. The molecule has 1 fully saturated rings. The van der Waals surface area contributed by atoms with Crippen molar-refractivity contribution in [1.29, 1.82) is 0 Å². The van der Waals surface area contributed by atoms with Crippen LogP contribution in [0.5, 0.6) is 0 Å². The van der Waals surface area contributed by atoms with E-state index in [9.17, 15) is 19.7 Å². The summed E-state index contributed by atoms with van der Waals surface area (Å²) in [4.78, 5) is 38.2. The van der Waals surface area contributed by atoms with Crippen LogP contribution in [0.15, 0.2) is 35.9 Å². The second-order valence-corrected chi connectivity index (χ2v) is 6.87. The second kappa shape index (κ2) is 7.01. The number of nitro benzene ring substituents is 1. The Morgan fingerprint density at radius 1 is 1.07 bits per heavy atom. The Morgan fingerprint density at radius 2 is 1.68 bits per heavy atom. The van der Waals surface area contributed by atoms with Gasteiger partial charge in [-0.05, 0) is 49.8 Å². The SMILES string of the molecule is Cc1cc(C=C2C(=O)N(C)C(=S)N(C)C2=O)c(C)n1-c1cccc([N+](=O)[O-])c1. The number of carbonyl (C=O) groups is 2. The molecule has 2 heterocycles. The van der Waals surface area contributed by atoms with E-state index in [1.165, 1.54) is 42.1 Å². The number of amides is 2. The minimum atomic E-state index is -0.465. The van der Waals surface area contributed by atoms with Crippen LogP contribution in [-0.4, -0.2) is 50.3 Å². The predicted octanol–water partition coefficient (Wildman–Crippen LogP) is 2.60. The van der Waals surface area contributed by atoms with E-state index in [1.54, 1.807) is 12.1 Å². The van der Waals surface area contributed by atoms with Crippen LogP contribution in [0.2, 0.25) is 0 Å². The first-order chi connectivity index (χ1) is 13.1. The highest BCUT2D eigenvalue weighted by Gasteiger charge is 2.35. The number of thiocarbonyl (C=S) groups is 1. The number of nitro groups is 1. The lowest BCUT2D eigenvalue weighted by Crippen LogP contribution is -2.52. The molecule has 28 heavy (non-hydrogen) atoms. The number of nitrogens with zero attached hydrogens (tertiary/aromatic N) is 4. The average molecular weight is 398 g/mol. The summed E-state index contributed by atoms with van der Waals surface area (Å²) in [5, 5.41) is 11.2. The van der Waals surface area contributed by atoms with Crippen molar-refractivity contribution in [2.75, 3.05) is 14.1 Å². The fourth-order valence-electron chi connectivity index (χ4n) is 3.21. The fraction of sp³-hybridized carbons (Fsp3) is 0.211. The van der Waals surface area contributed by atoms with Gasteiger partial charge in [0, 0.05) is 37.6 Å². The van der Waals surface area contributed by atoms with Gasteiger partial charge >= 0.3 is 0 Å². The number of aryl methyl sites for hydroxylation is 1. The third kappa shape index (κ3) is 3.09. The smallest absolute Gasteiger partial charge is 0.271 e. The molecule has 9 heteroatoms. The molecule has 0 N–H and O–H groups in total. The van der Waals surface area contributed by atoms with Crippen molar-refractivity contribution in [2.24, 2.45) is 0 Å². The van der Waals surface area contributed by atoms with Gasteiger partial charge in [-0.2, -0.15) is 0 Å². The van der Waals surface area contributed by atoms with Gasteiger partial charge in [0.1, 0.15) is 5.57 Å². The number of aromatic nitrogens is 1. The van der Waals surface area contributed by atoms with Gasteiger partial charge in [0.05, 0.1) is 10.6 Å².